The molecule has 13 heteroatoms. The van der Waals surface area contributed by atoms with Gasteiger partial charge in [0.25, 0.3) is 17.7 Å². The lowest BCUT2D eigenvalue weighted by Crippen LogP contribution is -2.29. The minimum Gasteiger partial charge on any atom is -0.436 e. The smallest absolute Gasteiger partial charge is 0.416 e. The summed E-state index contributed by atoms with van der Waals surface area (Å²) >= 11 is 0. The lowest BCUT2D eigenvalue weighted by molar-refractivity contribution is -0.137. The molecule has 1 amide bonds. The number of ether oxygens (including phenoxy) is 2. The molecular weight excluding hydrogens is 467 g/mol. The van der Waals surface area contributed by atoms with Crippen molar-refractivity contribution in [2.45, 2.75) is 6.18 Å². The van der Waals surface area contributed by atoms with E-state index in [1.165, 1.54) is 20.2 Å². The summed E-state index contributed by atoms with van der Waals surface area (Å²) in [6.45, 7) is 0. The standard InChI is InChI=1S/C21H15F5N4O4/c1-27-18(31)17(30-32-2)14-7-6-12(22)9-15(14)34-20-16(23)19(28-10-29-20)33-13-5-3-4-11(8-13)21(24,25)26/h3-10H,1-2H3,(H,27,31)/b30-17+. The van der Waals surface area contributed by atoms with Crippen LogP contribution in [0.1, 0.15) is 11.1 Å². The largest absolute Gasteiger partial charge is 0.436 e. The molecule has 1 N–H and O–H groups in total. The molecule has 3 aromatic rings. The molecule has 0 aliphatic heterocycles. The summed E-state index contributed by atoms with van der Waals surface area (Å²) in [6.07, 6.45) is -3.82. The number of oxime groups is 1. The third-order valence-corrected chi connectivity index (χ3v) is 4.13. The van der Waals surface area contributed by atoms with Gasteiger partial charge in [0.2, 0.25) is 5.82 Å². The van der Waals surface area contributed by atoms with Crippen LogP contribution in [0.2, 0.25) is 0 Å². The van der Waals surface area contributed by atoms with Gasteiger partial charge in [-0.15, -0.1) is 0 Å². The molecule has 0 aliphatic carbocycles. The van der Waals surface area contributed by atoms with Crippen molar-refractivity contribution in [3.05, 3.63) is 71.6 Å². The van der Waals surface area contributed by atoms with Gasteiger partial charge in [0, 0.05) is 13.1 Å². The van der Waals surface area contributed by atoms with Gasteiger partial charge in [-0.05, 0) is 30.3 Å². The van der Waals surface area contributed by atoms with Crippen molar-refractivity contribution in [1.82, 2.24) is 15.3 Å². The molecule has 1 aromatic heterocycles. The minimum atomic E-state index is -4.64. The third kappa shape index (κ3) is 5.54. The van der Waals surface area contributed by atoms with E-state index in [2.05, 4.69) is 25.3 Å². The van der Waals surface area contributed by atoms with Crippen LogP contribution in [-0.2, 0) is 15.8 Å². The van der Waals surface area contributed by atoms with Crippen LogP contribution in [0.15, 0.2) is 53.9 Å². The van der Waals surface area contributed by atoms with Crippen molar-refractivity contribution in [3.8, 4) is 23.3 Å². The van der Waals surface area contributed by atoms with Crippen LogP contribution in [0.25, 0.3) is 0 Å². The Bertz CT molecular complexity index is 1230. The highest BCUT2D eigenvalue weighted by molar-refractivity contribution is 6.45. The van der Waals surface area contributed by atoms with Crippen LogP contribution >= 0.6 is 0 Å². The second-order valence-electron chi connectivity index (χ2n) is 6.37. The fourth-order valence-corrected chi connectivity index (χ4v) is 2.63. The summed E-state index contributed by atoms with van der Waals surface area (Å²) < 4.78 is 78.1. The molecule has 178 valence electrons. The summed E-state index contributed by atoms with van der Waals surface area (Å²) in [5, 5.41) is 5.90. The maximum atomic E-state index is 15.0. The predicted molar refractivity (Wildman–Crippen MR) is 108 cm³/mol. The van der Waals surface area contributed by atoms with Crippen molar-refractivity contribution >= 4 is 11.6 Å². The first-order valence-corrected chi connectivity index (χ1v) is 9.30. The van der Waals surface area contributed by atoms with Gasteiger partial charge in [-0.25, -0.2) is 4.39 Å². The fraction of sp³-hybridized carbons (Fsp3) is 0.143. The number of nitrogens with one attached hydrogen (secondary N) is 1. The van der Waals surface area contributed by atoms with Gasteiger partial charge in [0.1, 0.15) is 30.8 Å². The topological polar surface area (TPSA) is 94.9 Å². The van der Waals surface area contributed by atoms with Crippen LogP contribution in [0, 0.1) is 11.6 Å². The molecule has 0 spiro atoms. The number of nitrogens with zero attached hydrogens (tertiary/aromatic N) is 3. The zero-order valence-electron chi connectivity index (χ0n) is 17.5. The van der Waals surface area contributed by atoms with E-state index in [-0.39, 0.29) is 22.8 Å². The van der Waals surface area contributed by atoms with Crippen molar-refractivity contribution in [2.75, 3.05) is 14.2 Å². The third-order valence-electron chi connectivity index (χ3n) is 4.13. The number of alkyl halides is 3. The SMILES string of the molecule is CNC(=O)/C(=N/OC)c1ccc(F)cc1Oc1ncnc(Oc2cccc(C(F)(F)F)c2)c1F. The number of amides is 1. The van der Waals surface area contributed by atoms with Gasteiger partial charge in [0.05, 0.1) is 11.1 Å². The molecule has 0 atom stereocenters. The molecule has 1 heterocycles. The molecule has 2 aromatic carbocycles. The van der Waals surface area contributed by atoms with E-state index in [1.54, 1.807) is 0 Å². The van der Waals surface area contributed by atoms with Crippen molar-refractivity contribution in [3.63, 3.8) is 0 Å². The number of likely N-dealkylation sites (N-methyl/N-ethyl adjacent to an activating group) is 1. The molecule has 0 unspecified atom stereocenters. The molecule has 8 nitrogen and oxygen atoms in total. The monoisotopic (exact) mass is 482 g/mol. The van der Waals surface area contributed by atoms with E-state index in [1.807, 2.05) is 0 Å². The van der Waals surface area contributed by atoms with Crippen LogP contribution in [-0.4, -0.2) is 35.7 Å². The van der Waals surface area contributed by atoms with E-state index in [0.717, 1.165) is 36.7 Å². The normalized spacial score (nSPS) is 11.7. The van der Waals surface area contributed by atoms with Crippen LogP contribution in [0.4, 0.5) is 22.0 Å². The Hall–Kier alpha value is -4.29. The number of hydrogen-bond donors (Lipinski definition) is 1. The Morgan fingerprint density at radius 1 is 1.03 bits per heavy atom. The van der Waals surface area contributed by atoms with Crippen LogP contribution < -0.4 is 14.8 Å². The summed E-state index contributed by atoms with van der Waals surface area (Å²) in [5.74, 6) is -5.00. The molecule has 0 saturated carbocycles. The number of benzene rings is 2. The van der Waals surface area contributed by atoms with E-state index in [4.69, 9.17) is 9.47 Å². The number of carbonyl (C=O) groups excluding carboxylic acids is 1. The first-order chi connectivity index (χ1) is 16.1. The van der Waals surface area contributed by atoms with E-state index < -0.39 is 41.0 Å². The van der Waals surface area contributed by atoms with E-state index >= 15 is 0 Å². The van der Waals surface area contributed by atoms with Gasteiger partial charge in [0.15, 0.2) is 5.71 Å². The lowest BCUT2D eigenvalue weighted by atomic mass is 10.1. The maximum Gasteiger partial charge on any atom is 0.416 e. The highest BCUT2D eigenvalue weighted by atomic mass is 19.4. The number of aromatic nitrogens is 2. The Labute approximate surface area is 189 Å². The van der Waals surface area contributed by atoms with E-state index in [0.29, 0.717) is 6.07 Å². The highest BCUT2D eigenvalue weighted by Crippen LogP contribution is 2.35. The predicted octanol–water partition coefficient (Wildman–Crippen LogP) is 4.45. The number of rotatable bonds is 7. The molecule has 34 heavy (non-hydrogen) atoms. The van der Waals surface area contributed by atoms with Crippen molar-refractivity contribution in [1.29, 1.82) is 0 Å². The molecule has 0 fully saturated rings. The first-order valence-electron chi connectivity index (χ1n) is 9.30. The first kappa shape index (κ1) is 24.4. The molecule has 0 saturated heterocycles. The number of halogens is 5. The van der Waals surface area contributed by atoms with Gasteiger partial charge >= 0.3 is 6.18 Å². The van der Waals surface area contributed by atoms with Gasteiger partial charge in [-0.1, -0.05) is 11.2 Å². The number of carbonyl (C=O) groups is 1. The maximum absolute atomic E-state index is 15.0. The molecule has 3 rings (SSSR count). The van der Waals surface area contributed by atoms with E-state index in [9.17, 15) is 26.7 Å². The average molecular weight is 482 g/mol. The van der Waals surface area contributed by atoms with Crippen molar-refractivity contribution < 1.29 is 41.1 Å². The van der Waals surface area contributed by atoms with Gasteiger partial charge < -0.3 is 19.6 Å². The molecular formula is C21H15F5N4O4. The average Bonchev–Trinajstić information content (AvgIpc) is 2.80. The second kappa shape index (κ2) is 10.1. The Kier molecular flexibility index (Phi) is 7.24. The summed E-state index contributed by atoms with van der Waals surface area (Å²) in [7, 11) is 2.49. The molecule has 0 bridgehead atoms. The summed E-state index contributed by atoms with van der Waals surface area (Å²) in [6, 6.07) is 6.71. The minimum absolute atomic E-state index is 0.0686. The summed E-state index contributed by atoms with van der Waals surface area (Å²) in [5.41, 5.74) is -1.39. The lowest BCUT2D eigenvalue weighted by Gasteiger charge is -2.13. The zero-order chi connectivity index (χ0) is 24.9. The molecule has 0 radical (unpaired) electrons. The Balaban J connectivity index is 1.97. The quantitative estimate of drug-likeness (QED) is 0.304. The van der Waals surface area contributed by atoms with Gasteiger partial charge in [-0.3, -0.25) is 4.79 Å². The van der Waals surface area contributed by atoms with Gasteiger partial charge in [-0.2, -0.15) is 27.5 Å². The highest BCUT2D eigenvalue weighted by Gasteiger charge is 2.31. The van der Waals surface area contributed by atoms with Crippen molar-refractivity contribution in [2.24, 2.45) is 5.16 Å². The van der Waals surface area contributed by atoms with Crippen LogP contribution in [0.3, 0.4) is 0 Å². The Morgan fingerprint density at radius 3 is 2.38 bits per heavy atom. The fourth-order valence-electron chi connectivity index (χ4n) is 2.63. The van der Waals surface area contributed by atoms with Crippen LogP contribution in [0.5, 0.6) is 23.3 Å². The summed E-state index contributed by atoms with van der Waals surface area (Å²) in [4.78, 5) is 24.0. The zero-order valence-corrected chi connectivity index (χ0v) is 17.5. The number of hydrogen-bond acceptors (Lipinski definition) is 7. The Morgan fingerprint density at radius 2 is 1.74 bits per heavy atom. The molecule has 0 aliphatic rings. The second-order valence-corrected chi connectivity index (χ2v) is 6.37.